The van der Waals surface area contributed by atoms with Crippen LogP contribution in [0.5, 0.6) is 5.88 Å². The number of unbranched alkanes of at least 4 members (excludes halogenated alkanes) is 1. The number of nitrogens with zero attached hydrogens (tertiary/aromatic N) is 2. The number of ether oxygens (including phenoxy) is 1. The van der Waals surface area contributed by atoms with Crippen molar-refractivity contribution in [2.45, 2.75) is 26.7 Å². The number of pyridine rings is 2. The monoisotopic (exact) mass is 320 g/mol. The number of aryl methyl sites for hydroxylation is 1. The molecule has 0 aliphatic rings. The van der Waals surface area contributed by atoms with Crippen LogP contribution in [0.25, 0.3) is 11.1 Å². The third-order valence-electron chi connectivity index (χ3n) is 3.39. The van der Waals surface area contributed by atoms with Gasteiger partial charge in [-0.15, -0.1) is 0 Å². The van der Waals surface area contributed by atoms with Crippen molar-refractivity contribution in [1.29, 1.82) is 0 Å². The quantitative estimate of drug-likeness (QED) is 0.597. The molecule has 0 fully saturated rings. The van der Waals surface area contributed by atoms with Gasteiger partial charge in [-0.05, 0) is 42.7 Å². The van der Waals surface area contributed by atoms with Crippen LogP contribution in [0.3, 0.4) is 0 Å². The van der Waals surface area contributed by atoms with E-state index in [0.717, 1.165) is 31.0 Å². The van der Waals surface area contributed by atoms with E-state index in [1.54, 1.807) is 6.20 Å². The molecule has 2 heterocycles. The van der Waals surface area contributed by atoms with Crippen LogP contribution in [0.2, 0.25) is 0 Å². The molecule has 3 nitrogen and oxygen atoms in total. The van der Waals surface area contributed by atoms with Gasteiger partial charge in [0, 0.05) is 24.2 Å². The molecule has 0 radical (unpaired) electrons. The van der Waals surface area contributed by atoms with Gasteiger partial charge >= 0.3 is 0 Å². The fourth-order valence-electron chi connectivity index (χ4n) is 2.11. The zero-order valence-electron chi connectivity index (χ0n) is 14.4. The Hall–Kier alpha value is -2.68. The molecule has 24 heavy (non-hydrogen) atoms. The Morgan fingerprint density at radius 3 is 2.29 bits per heavy atom. The highest BCUT2D eigenvalue weighted by molar-refractivity contribution is 5.62. The molecule has 0 saturated carbocycles. The van der Waals surface area contributed by atoms with Crippen molar-refractivity contribution >= 4 is 0 Å². The Morgan fingerprint density at radius 1 is 0.833 bits per heavy atom. The van der Waals surface area contributed by atoms with E-state index in [4.69, 9.17) is 4.74 Å². The van der Waals surface area contributed by atoms with E-state index in [9.17, 15) is 0 Å². The number of rotatable bonds is 5. The maximum atomic E-state index is 5.34. The highest BCUT2D eigenvalue weighted by Gasteiger charge is 1.95. The van der Waals surface area contributed by atoms with Crippen LogP contribution in [0.4, 0.5) is 0 Å². The molecule has 2 aromatic heterocycles. The summed E-state index contributed by atoms with van der Waals surface area (Å²) >= 11 is 0. The molecule has 0 saturated heterocycles. The zero-order chi connectivity index (χ0) is 17.0. The maximum Gasteiger partial charge on any atom is 0.213 e. The van der Waals surface area contributed by atoms with E-state index >= 15 is 0 Å². The predicted molar refractivity (Wildman–Crippen MR) is 99.1 cm³/mol. The van der Waals surface area contributed by atoms with Crippen molar-refractivity contribution in [2.24, 2.45) is 0 Å². The molecule has 3 heteroatoms. The normalized spacial score (nSPS) is 9.75. The summed E-state index contributed by atoms with van der Waals surface area (Å²) in [5.41, 5.74) is 3.53. The standard InChI is InChI=1S/C12H11N.C9H13NO/c1-10-9-12(7-8-13-10)11-5-3-2-4-6-11;1-2-3-8-11-9-6-4-5-7-10-9/h2-9H,1H3;4-7H,2-3,8H2,1H3. The number of hydrogen-bond acceptors (Lipinski definition) is 3. The summed E-state index contributed by atoms with van der Waals surface area (Å²) in [7, 11) is 0. The van der Waals surface area contributed by atoms with Crippen molar-refractivity contribution in [2.75, 3.05) is 6.61 Å². The molecular formula is C21H24N2O. The van der Waals surface area contributed by atoms with Gasteiger partial charge in [0.2, 0.25) is 5.88 Å². The van der Waals surface area contributed by atoms with Gasteiger partial charge < -0.3 is 4.74 Å². The first-order valence-corrected chi connectivity index (χ1v) is 8.31. The molecule has 0 amide bonds. The highest BCUT2D eigenvalue weighted by Crippen LogP contribution is 2.18. The largest absolute Gasteiger partial charge is 0.478 e. The second-order valence-corrected chi connectivity index (χ2v) is 5.42. The van der Waals surface area contributed by atoms with Crippen LogP contribution in [0.1, 0.15) is 25.5 Å². The molecule has 0 unspecified atom stereocenters. The minimum atomic E-state index is 0.723. The summed E-state index contributed by atoms with van der Waals surface area (Å²) < 4.78 is 5.34. The maximum absolute atomic E-state index is 5.34. The molecule has 0 atom stereocenters. The van der Waals surface area contributed by atoms with Gasteiger partial charge in [0.25, 0.3) is 0 Å². The van der Waals surface area contributed by atoms with Gasteiger partial charge in [-0.3, -0.25) is 4.98 Å². The molecule has 3 aromatic rings. The van der Waals surface area contributed by atoms with Gasteiger partial charge in [-0.25, -0.2) is 4.98 Å². The van der Waals surface area contributed by atoms with Gasteiger partial charge in [0.05, 0.1) is 6.61 Å². The van der Waals surface area contributed by atoms with Crippen molar-refractivity contribution < 1.29 is 4.74 Å². The average Bonchev–Trinajstić information content (AvgIpc) is 2.64. The van der Waals surface area contributed by atoms with E-state index in [2.05, 4.69) is 35.1 Å². The van der Waals surface area contributed by atoms with Gasteiger partial charge in [0.15, 0.2) is 0 Å². The fraction of sp³-hybridized carbons (Fsp3) is 0.238. The lowest BCUT2D eigenvalue weighted by Gasteiger charge is -2.01. The van der Waals surface area contributed by atoms with Crippen molar-refractivity contribution in [3.8, 4) is 17.0 Å². The molecule has 3 rings (SSSR count). The van der Waals surface area contributed by atoms with Gasteiger partial charge in [-0.2, -0.15) is 0 Å². The lowest BCUT2D eigenvalue weighted by molar-refractivity contribution is 0.298. The van der Waals surface area contributed by atoms with Gasteiger partial charge in [0.1, 0.15) is 0 Å². The van der Waals surface area contributed by atoms with Crippen molar-refractivity contribution in [1.82, 2.24) is 9.97 Å². The number of benzene rings is 1. The van der Waals surface area contributed by atoms with E-state index < -0.39 is 0 Å². The lowest BCUT2D eigenvalue weighted by atomic mass is 10.1. The Kier molecular flexibility index (Phi) is 7.48. The first-order chi connectivity index (χ1) is 11.8. The summed E-state index contributed by atoms with van der Waals surface area (Å²) in [4.78, 5) is 8.19. The molecule has 0 spiro atoms. The van der Waals surface area contributed by atoms with Crippen LogP contribution >= 0.6 is 0 Å². The molecule has 124 valence electrons. The Bertz CT molecular complexity index is 699. The molecule has 1 aromatic carbocycles. The zero-order valence-corrected chi connectivity index (χ0v) is 14.4. The Labute approximate surface area is 144 Å². The van der Waals surface area contributed by atoms with E-state index in [1.165, 1.54) is 11.1 Å². The molecule has 0 N–H and O–H groups in total. The molecule has 0 aliphatic heterocycles. The fourth-order valence-corrected chi connectivity index (χ4v) is 2.11. The van der Waals surface area contributed by atoms with Gasteiger partial charge in [-0.1, -0.05) is 49.7 Å². The Balaban J connectivity index is 0.000000177. The first kappa shape index (κ1) is 17.7. The summed E-state index contributed by atoms with van der Waals surface area (Å²) in [5.74, 6) is 0.723. The Morgan fingerprint density at radius 2 is 1.62 bits per heavy atom. The summed E-state index contributed by atoms with van der Waals surface area (Å²) in [6.45, 7) is 4.92. The van der Waals surface area contributed by atoms with Crippen LogP contribution in [-0.4, -0.2) is 16.6 Å². The average molecular weight is 320 g/mol. The van der Waals surface area contributed by atoms with Crippen molar-refractivity contribution in [3.05, 3.63) is 78.8 Å². The minimum Gasteiger partial charge on any atom is -0.478 e. The van der Waals surface area contributed by atoms with E-state index in [-0.39, 0.29) is 0 Å². The predicted octanol–water partition coefficient (Wildman–Crippen LogP) is 5.32. The van der Waals surface area contributed by atoms with Crippen LogP contribution < -0.4 is 4.74 Å². The second-order valence-electron chi connectivity index (χ2n) is 5.42. The smallest absolute Gasteiger partial charge is 0.213 e. The number of hydrogen-bond donors (Lipinski definition) is 0. The van der Waals surface area contributed by atoms with Crippen LogP contribution in [0.15, 0.2) is 73.1 Å². The summed E-state index contributed by atoms with van der Waals surface area (Å²) in [6.07, 6.45) is 5.84. The lowest BCUT2D eigenvalue weighted by Crippen LogP contribution is -1.97. The minimum absolute atomic E-state index is 0.723. The number of aromatic nitrogens is 2. The SMILES string of the molecule is CCCCOc1ccccn1.Cc1cc(-c2ccccc2)ccn1. The third kappa shape index (κ3) is 6.21. The second kappa shape index (κ2) is 10.2. The molecular weight excluding hydrogens is 296 g/mol. The van der Waals surface area contributed by atoms with Crippen molar-refractivity contribution in [3.63, 3.8) is 0 Å². The summed E-state index contributed by atoms with van der Waals surface area (Å²) in [6, 6.07) is 20.1. The first-order valence-electron chi connectivity index (χ1n) is 8.31. The van der Waals surface area contributed by atoms with Crippen LogP contribution in [-0.2, 0) is 0 Å². The topological polar surface area (TPSA) is 35.0 Å². The highest BCUT2D eigenvalue weighted by atomic mass is 16.5. The summed E-state index contributed by atoms with van der Waals surface area (Å²) in [5, 5.41) is 0. The van der Waals surface area contributed by atoms with Crippen LogP contribution in [0, 0.1) is 6.92 Å². The van der Waals surface area contributed by atoms with E-state index in [0.29, 0.717) is 0 Å². The van der Waals surface area contributed by atoms with E-state index in [1.807, 2.05) is 55.6 Å². The molecule has 0 aliphatic carbocycles. The molecule has 0 bridgehead atoms. The third-order valence-corrected chi connectivity index (χ3v) is 3.39.